The third-order valence-corrected chi connectivity index (χ3v) is 3.88. The molecule has 1 unspecified atom stereocenters. The molecule has 0 amide bonds. The fourth-order valence-electron chi connectivity index (χ4n) is 2.67. The first kappa shape index (κ1) is 14.2. The normalized spacial score (nSPS) is 25.9. The van der Waals surface area contributed by atoms with Gasteiger partial charge in [-0.3, -0.25) is 0 Å². The Bertz CT molecular complexity index is 444. The van der Waals surface area contributed by atoms with Gasteiger partial charge in [-0.05, 0) is 31.7 Å². The van der Waals surface area contributed by atoms with Crippen LogP contribution < -0.4 is 15.2 Å². The highest BCUT2D eigenvalue weighted by molar-refractivity contribution is 5.44. The van der Waals surface area contributed by atoms with E-state index in [-0.39, 0.29) is 11.6 Å². The van der Waals surface area contributed by atoms with Gasteiger partial charge in [-0.15, -0.1) is 0 Å². The van der Waals surface area contributed by atoms with E-state index in [2.05, 4.69) is 20.8 Å². The predicted molar refractivity (Wildman–Crippen MR) is 77.6 cm³/mol. The lowest BCUT2D eigenvalue weighted by molar-refractivity contribution is 0.0402. The number of rotatable bonds is 4. The zero-order chi connectivity index (χ0) is 14.0. The lowest BCUT2D eigenvalue weighted by atomic mass is 9.84. The van der Waals surface area contributed by atoms with Crippen LogP contribution >= 0.6 is 0 Å². The van der Waals surface area contributed by atoms with E-state index in [1.54, 1.807) is 7.11 Å². The smallest absolute Gasteiger partial charge is 0.128 e. The van der Waals surface area contributed by atoms with Crippen molar-refractivity contribution in [1.82, 2.24) is 0 Å². The SMILES string of the molecule is COc1ccc2c(c1)OC(C)(CCC(C)C)C[C@H]2N. The van der Waals surface area contributed by atoms with Crippen molar-refractivity contribution in [2.24, 2.45) is 11.7 Å². The average molecular weight is 263 g/mol. The summed E-state index contributed by atoms with van der Waals surface area (Å²) in [5.41, 5.74) is 7.22. The van der Waals surface area contributed by atoms with Crippen molar-refractivity contribution < 1.29 is 9.47 Å². The molecule has 0 bridgehead atoms. The minimum absolute atomic E-state index is 0.0480. The van der Waals surface area contributed by atoms with E-state index >= 15 is 0 Å². The Hall–Kier alpha value is -1.22. The Kier molecular flexibility index (Phi) is 4.04. The summed E-state index contributed by atoms with van der Waals surface area (Å²) >= 11 is 0. The lowest BCUT2D eigenvalue weighted by Crippen LogP contribution is -2.40. The molecule has 2 atom stereocenters. The average Bonchev–Trinajstić information content (AvgIpc) is 2.35. The van der Waals surface area contributed by atoms with Crippen LogP contribution in [-0.4, -0.2) is 12.7 Å². The highest BCUT2D eigenvalue weighted by Crippen LogP contribution is 2.42. The molecule has 1 aliphatic heterocycles. The van der Waals surface area contributed by atoms with Gasteiger partial charge < -0.3 is 15.2 Å². The van der Waals surface area contributed by atoms with Gasteiger partial charge in [0, 0.05) is 24.1 Å². The summed E-state index contributed by atoms with van der Waals surface area (Å²) in [6.07, 6.45) is 3.07. The van der Waals surface area contributed by atoms with Crippen molar-refractivity contribution in [3.05, 3.63) is 23.8 Å². The Morgan fingerprint density at radius 2 is 2.21 bits per heavy atom. The van der Waals surface area contributed by atoms with E-state index in [1.165, 1.54) is 0 Å². The largest absolute Gasteiger partial charge is 0.497 e. The van der Waals surface area contributed by atoms with E-state index < -0.39 is 0 Å². The van der Waals surface area contributed by atoms with Crippen LogP contribution in [0.25, 0.3) is 0 Å². The summed E-state index contributed by atoms with van der Waals surface area (Å²) in [4.78, 5) is 0. The van der Waals surface area contributed by atoms with Gasteiger partial charge in [0.15, 0.2) is 0 Å². The monoisotopic (exact) mass is 263 g/mol. The number of nitrogens with two attached hydrogens (primary N) is 1. The summed E-state index contributed by atoms with van der Waals surface area (Å²) in [7, 11) is 1.67. The first-order chi connectivity index (χ1) is 8.93. The maximum absolute atomic E-state index is 6.30. The number of fused-ring (bicyclic) bond motifs is 1. The molecule has 0 aliphatic carbocycles. The zero-order valence-electron chi connectivity index (χ0n) is 12.4. The van der Waals surface area contributed by atoms with E-state index in [9.17, 15) is 0 Å². The number of ether oxygens (including phenoxy) is 2. The van der Waals surface area contributed by atoms with Crippen molar-refractivity contribution in [3.8, 4) is 11.5 Å². The second-order valence-corrected chi connectivity index (χ2v) is 6.20. The Balaban J connectivity index is 2.21. The highest BCUT2D eigenvalue weighted by Gasteiger charge is 2.35. The van der Waals surface area contributed by atoms with Crippen LogP contribution in [0.5, 0.6) is 11.5 Å². The molecule has 0 saturated carbocycles. The number of hydrogen-bond acceptors (Lipinski definition) is 3. The van der Waals surface area contributed by atoms with Gasteiger partial charge in [-0.25, -0.2) is 0 Å². The molecule has 0 fully saturated rings. The quantitative estimate of drug-likeness (QED) is 0.901. The third-order valence-electron chi connectivity index (χ3n) is 3.88. The Morgan fingerprint density at radius 1 is 1.47 bits per heavy atom. The summed E-state index contributed by atoms with van der Waals surface area (Å²) in [6.45, 7) is 6.64. The van der Waals surface area contributed by atoms with Gasteiger partial charge in [-0.1, -0.05) is 19.9 Å². The van der Waals surface area contributed by atoms with Gasteiger partial charge in [0.1, 0.15) is 17.1 Å². The van der Waals surface area contributed by atoms with Crippen LogP contribution in [0.2, 0.25) is 0 Å². The topological polar surface area (TPSA) is 44.5 Å². The zero-order valence-corrected chi connectivity index (χ0v) is 12.4. The standard InChI is InChI=1S/C16H25NO2/c1-11(2)7-8-16(3)10-14(17)13-6-5-12(18-4)9-15(13)19-16/h5-6,9,11,14H,7-8,10,17H2,1-4H3/t14-,16?/m1/s1. The van der Waals surface area contributed by atoms with Gasteiger partial charge in [0.2, 0.25) is 0 Å². The summed E-state index contributed by atoms with van der Waals surface area (Å²) in [5.74, 6) is 2.38. The molecular weight excluding hydrogens is 238 g/mol. The second kappa shape index (κ2) is 5.41. The van der Waals surface area contributed by atoms with Gasteiger partial charge in [-0.2, -0.15) is 0 Å². The van der Waals surface area contributed by atoms with Crippen molar-refractivity contribution in [3.63, 3.8) is 0 Å². The van der Waals surface area contributed by atoms with Crippen LogP contribution in [0.4, 0.5) is 0 Å². The fraction of sp³-hybridized carbons (Fsp3) is 0.625. The molecule has 1 aromatic rings. The lowest BCUT2D eigenvalue weighted by Gasteiger charge is -2.39. The Morgan fingerprint density at radius 3 is 2.84 bits per heavy atom. The van der Waals surface area contributed by atoms with Crippen LogP contribution in [0.3, 0.4) is 0 Å². The molecule has 0 aromatic heterocycles. The van der Waals surface area contributed by atoms with Crippen LogP contribution in [0, 0.1) is 5.92 Å². The Labute approximate surface area is 116 Å². The molecule has 2 rings (SSSR count). The maximum atomic E-state index is 6.30. The third kappa shape index (κ3) is 3.21. The molecule has 1 aliphatic rings. The number of hydrogen-bond donors (Lipinski definition) is 1. The van der Waals surface area contributed by atoms with Crippen LogP contribution in [-0.2, 0) is 0 Å². The molecule has 3 nitrogen and oxygen atoms in total. The molecule has 2 N–H and O–H groups in total. The molecule has 106 valence electrons. The molecule has 0 saturated heterocycles. The fourth-order valence-corrected chi connectivity index (χ4v) is 2.67. The number of benzene rings is 1. The molecule has 1 heterocycles. The first-order valence-electron chi connectivity index (χ1n) is 7.06. The second-order valence-electron chi connectivity index (χ2n) is 6.20. The molecular formula is C16H25NO2. The predicted octanol–water partition coefficient (Wildman–Crippen LogP) is 3.67. The minimum Gasteiger partial charge on any atom is -0.497 e. The van der Waals surface area contributed by atoms with Gasteiger partial charge >= 0.3 is 0 Å². The van der Waals surface area contributed by atoms with Crippen LogP contribution in [0.1, 0.15) is 51.6 Å². The molecule has 0 spiro atoms. The minimum atomic E-state index is -0.164. The van der Waals surface area contributed by atoms with Crippen molar-refractivity contribution in [2.45, 2.75) is 51.7 Å². The highest BCUT2D eigenvalue weighted by atomic mass is 16.5. The molecule has 3 heteroatoms. The summed E-state index contributed by atoms with van der Waals surface area (Å²) < 4.78 is 11.5. The van der Waals surface area contributed by atoms with E-state index in [0.717, 1.165) is 36.3 Å². The molecule has 0 radical (unpaired) electrons. The maximum Gasteiger partial charge on any atom is 0.128 e. The van der Waals surface area contributed by atoms with Crippen LogP contribution in [0.15, 0.2) is 18.2 Å². The van der Waals surface area contributed by atoms with Crippen molar-refractivity contribution >= 4 is 0 Å². The summed E-state index contributed by atoms with van der Waals surface area (Å²) in [6, 6.07) is 5.95. The molecule has 19 heavy (non-hydrogen) atoms. The van der Waals surface area contributed by atoms with E-state index in [4.69, 9.17) is 15.2 Å². The summed E-state index contributed by atoms with van der Waals surface area (Å²) in [5, 5.41) is 0. The number of methoxy groups -OCH3 is 1. The van der Waals surface area contributed by atoms with E-state index in [1.807, 2.05) is 18.2 Å². The van der Waals surface area contributed by atoms with Crippen molar-refractivity contribution in [1.29, 1.82) is 0 Å². The molecule has 1 aromatic carbocycles. The van der Waals surface area contributed by atoms with Gasteiger partial charge in [0.05, 0.1) is 7.11 Å². The van der Waals surface area contributed by atoms with E-state index in [0.29, 0.717) is 5.92 Å². The van der Waals surface area contributed by atoms with Crippen molar-refractivity contribution in [2.75, 3.05) is 7.11 Å². The van der Waals surface area contributed by atoms with Gasteiger partial charge in [0.25, 0.3) is 0 Å². The first-order valence-corrected chi connectivity index (χ1v) is 7.06.